The lowest BCUT2D eigenvalue weighted by atomic mass is 10.5. The lowest BCUT2D eigenvalue weighted by molar-refractivity contribution is 1.30. The van der Waals surface area contributed by atoms with Gasteiger partial charge < -0.3 is 0 Å². The molecule has 0 atom stereocenters. The van der Waals surface area contributed by atoms with Crippen molar-refractivity contribution in [1.82, 2.24) is 0 Å². The second-order valence-electron chi connectivity index (χ2n) is 1.33. The second kappa shape index (κ2) is 4.85. The lowest BCUT2D eigenvalue weighted by Crippen LogP contribution is -1.66. The zero-order valence-electron chi connectivity index (χ0n) is 5.19. The molecular formula is C6H10ClN. The minimum atomic E-state index is 0.562. The molecule has 0 spiro atoms. The second-order valence-corrected chi connectivity index (χ2v) is 1.72. The van der Waals surface area contributed by atoms with Gasteiger partial charge in [-0.2, -0.15) is 0 Å². The van der Waals surface area contributed by atoms with Crippen LogP contribution in [-0.2, 0) is 0 Å². The van der Waals surface area contributed by atoms with Crippen LogP contribution in [0.5, 0.6) is 0 Å². The Morgan fingerprint density at radius 3 is 2.75 bits per heavy atom. The van der Waals surface area contributed by atoms with E-state index in [1.165, 1.54) is 0 Å². The van der Waals surface area contributed by atoms with E-state index in [-0.39, 0.29) is 0 Å². The molecule has 0 N–H and O–H groups in total. The van der Waals surface area contributed by atoms with E-state index >= 15 is 0 Å². The Balaban J connectivity index is 3.53. The van der Waals surface area contributed by atoms with Crippen LogP contribution in [0.3, 0.4) is 0 Å². The molecule has 0 rings (SSSR count). The predicted molar refractivity (Wildman–Crippen MR) is 38.4 cm³/mol. The Morgan fingerprint density at radius 2 is 2.38 bits per heavy atom. The van der Waals surface area contributed by atoms with Crippen molar-refractivity contribution in [3.05, 3.63) is 11.2 Å². The van der Waals surface area contributed by atoms with Gasteiger partial charge in [0.2, 0.25) is 0 Å². The summed E-state index contributed by atoms with van der Waals surface area (Å²) < 4.78 is 0. The molecule has 46 valence electrons. The minimum absolute atomic E-state index is 0.562. The number of aliphatic imine (C=N–C) groups is 1. The Labute approximate surface area is 55.1 Å². The van der Waals surface area contributed by atoms with Gasteiger partial charge in [-0.15, -0.1) is 0 Å². The van der Waals surface area contributed by atoms with Gasteiger partial charge in [-0.05, 0) is 13.3 Å². The summed E-state index contributed by atoms with van der Waals surface area (Å²) in [5.41, 5.74) is 0. The summed E-state index contributed by atoms with van der Waals surface area (Å²) in [5.74, 6) is 0. The molecule has 2 heteroatoms. The van der Waals surface area contributed by atoms with E-state index in [1.807, 2.05) is 13.8 Å². The number of rotatable bonds is 2. The van der Waals surface area contributed by atoms with Crippen LogP contribution in [0.1, 0.15) is 20.3 Å². The summed E-state index contributed by atoms with van der Waals surface area (Å²) in [6, 6.07) is 0. The van der Waals surface area contributed by atoms with Gasteiger partial charge in [-0.25, -0.2) is 4.99 Å². The minimum Gasteiger partial charge on any atom is -0.249 e. The lowest BCUT2D eigenvalue weighted by Gasteiger charge is -1.81. The number of hydrogen-bond donors (Lipinski definition) is 0. The van der Waals surface area contributed by atoms with E-state index in [9.17, 15) is 0 Å². The molecular weight excluding hydrogens is 122 g/mol. The van der Waals surface area contributed by atoms with Gasteiger partial charge in [0, 0.05) is 6.21 Å². The average molecular weight is 132 g/mol. The topological polar surface area (TPSA) is 12.4 Å². The summed E-state index contributed by atoms with van der Waals surface area (Å²) in [5, 5.41) is 0.562. The van der Waals surface area contributed by atoms with Gasteiger partial charge in [0.1, 0.15) is 5.16 Å². The molecule has 0 amide bonds. The quantitative estimate of drug-likeness (QED) is 0.404. The Bertz CT molecular complexity index is 105. The highest BCUT2D eigenvalue weighted by atomic mass is 35.5. The molecule has 1 nitrogen and oxygen atoms in total. The molecule has 0 aromatic carbocycles. The third-order valence-corrected chi connectivity index (χ3v) is 0.951. The van der Waals surface area contributed by atoms with Crippen LogP contribution in [0.4, 0.5) is 0 Å². The van der Waals surface area contributed by atoms with Crippen LogP contribution in [0, 0.1) is 0 Å². The smallest absolute Gasteiger partial charge is 0.124 e. The standard InChI is InChI=1S/C6H10ClN/c1-3-5-8-6(7)4-2/h4-5H,3H2,1-2H3/b6-4-,8-5?. The van der Waals surface area contributed by atoms with Crippen molar-refractivity contribution in [2.45, 2.75) is 20.3 Å². The van der Waals surface area contributed by atoms with Crippen molar-refractivity contribution in [3.63, 3.8) is 0 Å². The van der Waals surface area contributed by atoms with Crippen molar-refractivity contribution in [1.29, 1.82) is 0 Å². The zero-order chi connectivity index (χ0) is 6.41. The van der Waals surface area contributed by atoms with Crippen molar-refractivity contribution in [2.75, 3.05) is 0 Å². The molecule has 8 heavy (non-hydrogen) atoms. The van der Waals surface area contributed by atoms with E-state index in [2.05, 4.69) is 4.99 Å². The first-order valence-electron chi connectivity index (χ1n) is 2.65. The molecule has 0 aliphatic heterocycles. The SMILES string of the molecule is C/C=C(/Cl)N=CCC. The van der Waals surface area contributed by atoms with E-state index in [0.29, 0.717) is 5.16 Å². The number of allylic oxidation sites excluding steroid dienone is 1. The van der Waals surface area contributed by atoms with Crippen LogP contribution in [0.25, 0.3) is 0 Å². The molecule has 0 fully saturated rings. The fourth-order valence-corrected chi connectivity index (χ4v) is 0.322. The largest absolute Gasteiger partial charge is 0.249 e. The molecule has 0 unspecified atom stereocenters. The van der Waals surface area contributed by atoms with E-state index in [1.54, 1.807) is 12.3 Å². The third-order valence-electron chi connectivity index (χ3n) is 0.635. The molecule has 0 aromatic rings. The average Bonchev–Trinajstić information content (AvgIpc) is 1.83. The molecule has 0 radical (unpaired) electrons. The molecule has 0 aliphatic rings. The molecule has 0 aliphatic carbocycles. The highest BCUT2D eigenvalue weighted by Gasteiger charge is 1.76. The highest BCUT2D eigenvalue weighted by molar-refractivity contribution is 6.29. The van der Waals surface area contributed by atoms with Gasteiger partial charge >= 0.3 is 0 Å². The monoisotopic (exact) mass is 131 g/mol. The van der Waals surface area contributed by atoms with E-state index < -0.39 is 0 Å². The summed E-state index contributed by atoms with van der Waals surface area (Å²) in [6.07, 6.45) is 4.47. The Morgan fingerprint density at radius 1 is 1.75 bits per heavy atom. The fraction of sp³-hybridized carbons (Fsp3) is 0.500. The van der Waals surface area contributed by atoms with Crippen LogP contribution < -0.4 is 0 Å². The third kappa shape index (κ3) is 3.88. The van der Waals surface area contributed by atoms with E-state index in [0.717, 1.165) is 6.42 Å². The van der Waals surface area contributed by atoms with Crippen LogP contribution >= 0.6 is 11.6 Å². The number of nitrogens with zero attached hydrogens (tertiary/aromatic N) is 1. The zero-order valence-corrected chi connectivity index (χ0v) is 5.94. The van der Waals surface area contributed by atoms with Crippen LogP contribution in [0.2, 0.25) is 0 Å². The first-order chi connectivity index (χ1) is 3.81. The molecule has 0 saturated heterocycles. The normalized spacial score (nSPS) is 13.1. The first-order valence-corrected chi connectivity index (χ1v) is 3.03. The van der Waals surface area contributed by atoms with Gasteiger partial charge in [0.15, 0.2) is 0 Å². The summed E-state index contributed by atoms with van der Waals surface area (Å²) in [6.45, 7) is 3.87. The highest BCUT2D eigenvalue weighted by Crippen LogP contribution is 1.99. The van der Waals surface area contributed by atoms with E-state index in [4.69, 9.17) is 11.6 Å². The maximum atomic E-state index is 5.51. The first kappa shape index (κ1) is 7.70. The maximum Gasteiger partial charge on any atom is 0.124 e. The number of halogens is 1. The molecule has 0 heterocycles. The van der Waals surface area contributed by atoms with Gasteiger partial charge in [0.25, 0.3) is 0 Å². The Hall–Kier alpha value is -0.300. The molecule has 0 bridgehead atoms. The van der Waals surface area contributed by atoms with Gasteiger partial charge in [-0.3, -0.25) is 0 Å². The van der Waals surface area contributed by atoms with Gasteiger partial charge in [-0.1, -0.05) is 24.6 Å². The van der Waals surface area contributed by atoms with Crippen molar-refractivity contribution < 1.29 is 0 Å². The Kier molecular flexibility index (Phi) is 4.67. The molecule has 0 saturated carbocycles. The van der Waals surface area contributed by atoms with Crippen molar-refractivity contribution in [3.8, 4) is 0 Å². The van der Waals surface area contributed by atoms with Crippen LogP contribution in [0.15, 0.2) is 16.2 Å². The van der Waals surface area contributed by atoms with Crippen molar-refractivity contribution >= 4 is 17.8 Å². The van der Waals surface area contributed by atoms with Crippen molar-refractivity contribution in [2.24, 2.45) is 4.99 Å². The fourth-order valence-electron chi connectivity index (χ4n) is 0.253. The summed E-state index contributed by atoms with van der Waals surface area (Å²) >= 11 is 5.51. The molecule has 0 aromatic heterocycles. The van der Waals surface area contributed by atoms with Gasteiger partial charge in [0.05, 0.1) is 0 Å². The summed E-state index contributed by atoms with van der Waals surface area (Å²) in [4.78, 5) is 3.86. The summed E-state index contributed by atoms with van der Waals surface area (Å²) in [7, 11) is 0. The predicted octanol–water partition coefficient (Wildman–Crippen LogP) is 2.57. The van der Waals surface area contributed by atoms with Crippen LogP contribution in [-0.4, -0.2) is 6.21 Å². The number of hydrogen-bond acceptors (Lipinski definition) is 1. The maximum absolute atomic E-state index is 5.51.